The van der Waals surface area contributed by atoms with E-state index in [0.29, 0.717) is 5.69 Å². The minimum Gasteiger partial charge on any atom is -0.455 e. The molecule has 0 radical (unpaired) electrons. The fraction of sp³-hybridized carbons (Fsp3) is 0.294. The van der Waals surface area contributed by atoms with E-state index in [1.807, 2.05) is 37.3 Å². The number of hydrogen-bond donors (Lipinski definition) is 1. The van der Waals surface area contributed by atoms with Crippen molar-refractivity contribution in [3.63, 3.8) is 0 Å². The van der Waals surface area contributed by atoms with Gasteiger partial charge in [-0.1, -0.05) is 31.5 Å². The van der Waals surface area contributed by atoms with Crippen molar-refractivity contribution in [1.29, 1.82) is 0 Å². The molecule has 0 spiro atoms. The molecule has 0 aliphatic rings. The van der Waals surface area contributed by atoms with Crippen molar-refractivity contribution in [2.45, 2.75) is 33.1 Å². The van der Waals surface area contributed by atoms with Crippen molar-refractivity contribution < 1.29 is 4.74 Å². The Morgan fingerprint density at radius 3 is 2.47 bits per heavy atom. The van der Waals surface area contributed by atoms with E-state index in [0.717, 1.165) is 23.5 Å². The second-order valence-corrected chi connectivity index (χ2v) is 4.89. The lowest BCUT2D eigenvalue weighted by atomic mass is 10.1. The summed E-state index contributed by atoms with van der Waals surface area (Å²) >= 11 is 0. The van der Waals surface area contributed by atoms with Gasteiger partial charge in [0, 0.05) is 0 Å². The maximum absolute atomic E-state index is 5.91. The summed E-state index contributed by atoms with van der Waals surface area (Å²) in [7, 11) is 0. The third-order valence-corrected chi connectivity index (χ3v) is 3.14. The summed E-state index contributed by atoms with van der Waals surface area (Å²) in [6, 6.07) is 14.1. The summed E-state index contributed by atoms with van der Waals surface area (Å²) in [5.74, 6) is 1.55. The Hall–Kier alpha value is -1.96. The number of benzene rings is 2. The Labute approximate surface area is 115 Å². The molecule has 0 saturated heterocycles. The minimum absolute atomic E-state index is 0.667. The van der Waals surface area contributed by atoms with Gasteiger partial charge in [0.25, 0.3) is 0 Å². The predicted molar refractivity (Wildman–Crippen MR) is 80.7 cm³/mol. The topological polar surface area (TPSA) is 35.2 Å². The Morgan fingerprint density at radius 1 is 1.05 bits per heavy atom. The SMILES string of the molecule is CCCCc1ccc(Oc2cc(C)ccc2N)cc1. The molecule has 19 heavy (non-hydrogen) atoms. The summed E-state index contributed by atoms with van der Waals surface area (Å²) < 4.78 is 5.82. The van der Waals surface area contributed by atoms with Gasteiger partial charge in [0.2, 0.25) is 0 Å². The van der Waals surface area contributed by atoms with E-state index in [-0.39, 0.29) is 0 Å². The molecule has 2 heteroatoms. The van der Waals surface area contributed by atoms with Crippen molar-refractivity contribution in [2.24, 2.45) is 0 Å². The van der Waals surface area contributed by atoms with Gasteiger partial charge in [0.1, 0.15) is 5.75 Å². The van der Waals surface area contributed by atoms with Crippen LogP contribution in [0.25, 0.3) is 0 Å². The lowest BCUT2D eigenvalue weighted by Gasteiger charge is -2.10. The van der Waals surface area contributed by atoms with Crippen LogP contribution in [0, 0.1) is 6.92 Å². The second kappa shape index (κ2) is 6.28. The monoisotopic (exact) mass is 255 g/mol. The summed E-state index contributed by atoms with van der Waals surface area (Å²) in [6.45, 7) is 4.23. The number of hydrogen-bond acceptors (Lipinski definition) is 2. The van der Waals surface area contributed by atoms with Crippen LogP contribution in [0.2, 0.25) is 0 Å². The van der Waals surface area contributed by atoms with Crippen LogP contribution in [-0.2, 0) is 6.42 Å². The predicted octanol–water partition coefficient (Wildman–Crippen LogP) is 4.71. The highest BCUT2D eigenvalue weighted by Crippen LogP contribution is 2.28. The second-order valence-electron chi connectivity index (χ2n) is 4.89. The van der Waals surface area contributed by atoms with E-state index in [2.05, 4.69) is 19.1 Å². The van der Waals surface area contributed by atoms with Crippen LogP contribution < -0.4 is 10.5 Å². The molecule has 0 heterocycles. The summed E-state index contributed by atoms with van der Waals surface area (Å²) in [5, 5.41) is 0. The first-order valence-electron chi connectivity index (χ1n) is 6.82. The standard InChI is InChI=1S/C17H21NO/c1-3-4-5-14-7-9-15(10-8-14)19-17-12-13(2)6-11-16(17)18/h6-12H,3-5,18H2,1-2H3. The molecule has 0 bridgehead atoms. The lowest BCUT2D eigenvalue weighted by molar-refractivity contribution is 0.484. The molecule has 2 rings (SSSR count). The van der Waals surface area contributed by atoms with Crippen molar-refractivity contribution in [3.05, 3.63) is 53.6 Å². The molecule has 100 valence electrons. The number of nitrogens with two attached hydrogens (primary N) is 1. The van der Waals surface area contributed by atoms with E-state index < -0.39 is 0 Å². The molecule has 2 aromatic rings. The molecule has 0 atom stereocenters. The Morgan fingerprint density at radius 2 is 1.79 bits per heavy atom. The van der Waals surface area contributed by atoms with Crippen LogP contribution in [0.4, 0.5) is 5.69 Å². The highest BCUT2D eigenvalue weighted by molar-refractivity contribution is 5.55. The average molecular weight is 255 g/mol. The van der Waals surface area contributed by atoms with Gasteiger partial charge in [0.05, 0.1) is 5.69 Å². The molecule has 0 aromatic heterocycles. The third-order valence-electron chi connectivity index (χ3n) is 3.14. The van der Waals surface area contributed by atoms with Crippen LogP contribution in [-0.4, -0.2) is 0 Å². The Bertz CT molecular complexity index is 531. The van der Waals surface area contributed by atoms with Gasteiger partial charge in [-0.25, -0.2) is 0 Å². The van der Waals surface area contributed by atoms with Gasteiger partial charge in [-0.15, -0.1) is 0 Å². The molecule has 0 aliphatic heterocycles. The zero-order chi connectivity index (χ0) is 13.7. The van der Waals surface area contributed by atoms with E-state index in [1.54, 1.807) is 0 Å². The fourth-order valence-electron chi connectivity index (χ4n) is 1.96. The van der Waals surface area contributed by atoms with Crippen molar-refractivity contribution >= 4 is 5.69 Å². The van der Waals surface area contributed by atoms with Crippen LogP contribution >= 0.6 is 0 Å². The molecule has 0 unspecified atom stereocenters. The van der Waals surface area contributed by atoms with Crippen molar-refractivity contribution in [3.8, 4) is 11.5 Å². The zero-order valence-electron chi connectivity index (χ0n) is 11.6. The summed E-state index contributed by atoms with van der Waals surface area (Å²) in [4.78, 5) is 0. The number of rotatable bonds is 5. The number of unbranched alkanes of at least 4 members (excludes halogenated alkanes) is 1. The molecule has 2 N–H and O–H groups in total. The fourth-order valence-corrected chi connectivity index (χ4v) is 1.96. The van der Waals surface area contributed by atoms with E-state index in [9.17, 15) is 0 Å². The summed E-state index contributed by atoms with van der Waals surface area (Å²) in [5.41, 5.74) is 9.07. The zero-order valence-corrected chi connectivity index (χ0v) is 11.6. The number of aryl methyl sites for hydroxylation is 2. The molecule has 0 amide bonds. The molecule has 0 fully saturated rings. The first-order valence-corrected chi connectivity index (χ1v) is 6.82. The molecule has 2 aromatic carbocycles. The van der Waals surface area contributed by atoms with Gasteiger partial charge in [-0.05, 0) is 55.2 Å². The van der Waals surface area contributed by atoms with E-state index in [4.69, 9.17) is 10.5 Å². The Kier molecular flexibility index (Phi) is 4.45. The smallest absolute Gasteiger partial charge is 0.150 e. The number of ether oxygens (including phenoxy) is 1. The largest absolute Gasteiger partial charge is 0.455 e. The molecular weight excluding hydrogens is 234 g/mol. The molecule has 0 aliphatic carbocycles. The highest BCUT2D eigenvalue weighted by atomic mass is 16.5. The quantitative estimate of drug-likeness (QED) is 0.785. The lowest BCUT2D eigenvalue weighted by Crippen LogP contribution is -1.93. The maximum Gasteiger partial charge on any atom is 0.150 e. The highest BCUT2D eigenvalue weighted by Gasteiger charge is 2.02. The molecule has 0 saturated carbocycles. The van der Waals surface area contributed by atoms with Crippen LogP contribution in [0.3, 0.4) is 0 Å². The number of anilines is 1. The van der Waals surface area contributed by atoms with Gasteiger partial charge < -0.3 is 10.5 Å². The van der Waals surface area contributed by atoms with Gasteiger partial charge >= 0.3 is 0 Å². The van der Waals surface area contributed by atoms with Crippen LogP contribution in [0.5, 0.6) is 11.5 Å². The van der Waals surface area contributed by atoms with E-state index in [1.165, 1.54) is 18.4 Å². The number of nitrogen functional groups attached to an aromatic ring is 1. The van der Waals surface area contributed by atoms with Crippen LogP contribution in [0.15, 0.2) is 42.5 Å². The van der Waals surface area contributed by atoms with Gasteiger partial charge in [0.15, 0.2) is 5.75 Å². The van der Waals surface area contributed by atoms with Crippen molar-refractivity contribution in [1.82, 2.24) is 0 Å². The Balaban J connectivity index is 2.08. The minimum atomic E-state index is 0.667. The van der Waals surface area contributed by atoms with Crippen molar-refractivity contribution in [2.75, 3.05) is 5.73 Å². The molecule has 2 nitrogen and oxygen atoms in total. The van der Waals surface area contributed by atoms with Gasteiger partial charge in [-0.3, -0.25) is 0 Å². The van der Waals surface area contributed by atoms with Gasteiger partial charge in [-0.2, -0.15) is 0 Å². The van der Waals surface area contributed by atoms with E-state index >= 15 is 0 Å². The maximum atomic E-state index is 5.91. The first-order chi connectivity index (χ1) is 9.19. The normalized spacial score (nSPS) is 10.4. The first kappa shape index (κ1) is 13.5. The molecular formula is C17H21NO. The average Bonchev–Trinajstić information content (AvgIpc) is 2.42. The van der Waals surface area contributed by atoms with Crippen LogP contribution in [0.1, 0.15) is 30.9 Å². The summed E-state index contributed by atoms with van der Waals surface area (Å²) in [6.07, 6.45) is 3.58. The third kappa shape index (κ3) is 3.75.